The van der Waals surface area contributed by atoms with E-state index in [1.165, 1.54) is 11.1 Å². The highest BCUT2D eigenvalue weighted by Crippen LogP contribution is 2.31. The Morgan fingerprint density at radius 1 is 1.12 bits per heavy atom. The highest BCUT2D eigenvalue weighted by molar-refractivity contribution is 7.14. The fourth-order valence-corrected chi connectivity index (χ4v) is 4.24. The van der Waals surface area contributed by atoms with Gasteiger partial charge in [-0.15, -0.1) is 22.7 Å². The number of aliphatic imine (C=N–C) groups is 1. The van der Waals surface area contributed by atoms with Gasteiger partial charge in [-0.1, -0.05) is 32.0 Å². The molecule has 5 nitrogen and oxygen atoms in total. The van der Waals surface area contributed by atoms with Crippen LogP contribution in [0, 0.1) is 0 Å². The molecule has 0 aliphatic carbocycles. The molecule has 0 atom stereocenters. The molecule has 3 aromatic rings. The quantitative estimate of drug-likeness (QED) is 0.678. The van der Waals surface area contributed by atoms with Gasteiger partial charge in [0.25, 0.3) is 0 Å². The Bertz CT molecular complexity index is 925. The number of hydrogen-bond donors (Lipinski definition) is 2. The third-order valence-electron chi connectivity index (χ3n) is 4.19. The third kappa shape index (κ3) is 3.78. The van der Waals surface area contributed by atoms with Crippen LogP contribution in [0.25, 0.3) is 22.0 Å². The molecule has 26 heavy (non-hydrogen) atoms. The molecule has 0 spiro atoms. The lowest BCUT2D eigenvalue weighted by Gasteiger charge is -2.13. The summed E-state index contributed by atoms with van der Waals surface area (Å²) in [5, 5.41) is 12.5. The molecule has 0 radical (unpaired) electrons. The van der Waals surface area contributed by atoms with Gasteiger partial charge >= 0.3 is 0 Å². The number of hydrogen-bond acceptors (Lipinski definition) is 7. The Kier molecular flexibility index (Phi) is 4.99. The van der Waals surface area contributed by atoms with Crippen molar-refractivity contribution in [2.45, 2.75) is 26.2 Å². The first-order valence-corrected chi connectivity index (χ1v) is 10.5. The van der Waals surface area contributed by atoms with Crippen molar-refractivity contribution in [2.24, 2.45) is 4.99 Å². The number of nitrogens with one attached hydrogen (secondary N) is 2. The number of nitrogens with zero attached hydrogens (tertiary/aromatic N) is 3. The van der Waals surface area contributed by atoms with Crippen molar-refractivity contribution in [1.82, 2.24) is 15.3 Å². The topological polar surface area (TPSA) is 62.2 Å². The highest BCUT2D eigenvalue weighted by atomic mass is 32.1. The summed E-state index contributed by atoms with van der Waals surface area (Å²) in [4.78, 5) is 13.9. The average molecular weight is 384 g/mol. The molecule has 1 aliphatic rings. The first-order valence-electron chi connectivity index (χ1n) is 8.76. The van der Waals surface area contributed by atoms with Gasteiger partial charge in [0.1, 0.15) is 16.4 Å². The van der Waals surface area contributed by atoms with Crippen molar-refractivity contribution in [2.75, 3.05) is 18.4 Å². The molecular formula is C19H21N5S2. The van der Waals surface area contributed by atoms with Crippen LogP contribution in [0.5, 0.6) is 0 Å². The minimum atomic E-state index is 0.512. The summed E-state index contributed by atoms with van der Waals surface area (Å²) in [5.74, 6) is 1.32. The normalized spacial score (nSPS) is 14.2. The second-order valence-corrected chi connectivity index (χ2v) is 8.21. The molecule has 1 aliphatic heterocycles. The summed E-state index contributed by atoms with van der Waals surface area (Å²) < 4.78 is 0. The summed E-state index contributed by atoms with van der Waals surface area (Å²) in [7, 11) is 0. The van der Waals surface area contributed by atoms with Crippen LogP contribution in [0.4, 0.5) is 5.13 Å². The van der Waals surface area contributed by atoms with E-state index in [1.54, 1.807) is 22.7 Å². The zero-order valence-corrected chi connectivity index (χ0v) is 16.5. The van der Waals surface area contributed by atoms with E-state index in [-0.39, 0.29) is 0 Å². The molecular weight excluding hydrogens is 362 g/mol. The maximum atomic E-state index is 4.80. The zero-order valence-electron chi connectivity index (χ0n) is 14.8. The van der Waals surface area contributed by atoms with Crippen molar-refractivity contribution >= 4 is 33.8 Å². The standard InChI is InChI=1S/C19H21N5S2/c1-12(2)13-5-3-6-14(9-13)17-22-15(10-25-17)16-11-26-19(23-16)24-18-20-7-4-8-21-18/h3,5-6,9-12H,4,7-8H2,1-2H3,(H2,20,21,23,24). The monoisotopic (exact) mass is 383 g/mol. The summed E-state index contributed by atoms with van der Waals surface area (Å²) >= 11 is 3.23. The number of guanidine groups is 1. The maximum absolute atomic E-state index is 4.80. The fourth-order valence-electron chi connectivity index (χ4n) is 2.72. The van der Waals surface area contributed by atoms with Gasteiger partial charge in [0.15, 0.2) is 11.1 Å². The van der Waals surface area contributed by atoms with E-state index in [0.29, 0.717) is 5.92 Å². The van der Waals surface area contributed by atoms with E-state index < -0.39 is 0 Å². The van der Waals surface area contributed by atoms with Crippen molar-refractivity contribution in [3.05, 3.63) is 40.6 Å². The second kappa shape index (κ2) is 7.55. The van der Waals surface area contributed by atoms with Crippen molar-refractivity contribution in [3.63, 3.8) is 0 Å². The van der Waals surface area contributed by atoms with E-state index in [1.807, 2.05) is 5.38 Å². The van der Waals surface area contributed by atoms with Crippen molar-refractivity contribution in [3.8, 4) is 22.0 Å². The molecule has 1 aromatic carbocycles. The van der Waals surface area contributed by atoms with Gasteiger partial charge in [-0.05, 0) is 24.0 Å². The summed E-state index contributed by atoms with van der Waals surface area (Å²) in [6.07, 6.45) is 1.08. The minimum absolute atomic E-state index is 0.512. The van der Waals surface area contributed by atoms with E-state index in [2.05, 4.69) is 64.1 Å². The van der Waals surface area contributed by atoms with Crippen molar-refractivity contribution in [1.29, 1.82) is 0 Å². The van der Waals surface area contributed by atoms with Gasteiger partial charge in [0.05, 0.1) is 0 Å². The van der Waals surface area contributed by atoms with Gasteiger partial charge < -0.3 is 10.6 Å². The van der Waals surface area contributed by atoms with Crippen LogP contribution < -0.4 is 10.6 Å². The fraction of sp³-hybridized carbons (Fsp3) is 0.316. The lowest BCUT2D eigenvalue weighted by Crippen LogP contribution is -2.35. The van der Waals surface area contributed by atoms with Gasteiger partial charge in [0.2, 0.25) is 0 Å². The minimum Gasteiger partial charge on any atom is -0.356 e. The summed E-state index contributed by atoms with van der Waals surface area (Å²) in [5.41, 5.74) is 4.32. The Morgan fingerprint density at radius 2 is 1.96 bits per heavy atom. The molecule has 0 saturated carbocycles. The van der Waals surface area contributed by atoms with E-state index >= 15 is 0 Å². The first-order chi connectivity index (χ1) is 12.7. The SMILES string of the molecule is CC(C)c1cccc(-c2nc(-c3csc(NC4=NCCCN4)n3)cs2)c1. The zero-order chi connectivity index (χ0) is 17.9. The molecule has 3 heterocycles. The Morgan fingerprint density at radius 3 is 2.77 bits per heavy atom. The molecule has 0 unspecified atom stereocenters. The van der Waals surface area contributed by atoms with Gasteiger partial charge in [-0.3, -0.25) is 4.99 Å². The Hall–Kier alpha value is -2.25. The molecule has 4 rings (SSSR count). The molecule has 0 saturated heterocycles. The lowest BCUT2D eigenvalue weighted by molar-refractivity contribution is 0.740. The highest BCUT2D eigenvalue weighted by Gasteiger charge is 2.12. The van der Waals surface area contributed by atoms with Crippen LogP contribution >= 0.6 is 22.7 Å². The van der Waals surface area contributed by atoms with Crippen LogP contribution in [0.3, 0.4) is 0 Å². The molecule has 0 fully saturated rings. The molecule has 2 aromatic heterocycles. The lowest BCUT2D eigenvalue weighted by atomic mass is 10.0. The first kappa shape index (κ1) is 17.2. The number of aromatic nitrogens is 2. The van der Waals surface area contributed by atoms with Crippen molar-refractivity contribution < 1.29 is 0 Å². The van der Waals surface area contributed by atoms with Crippen LogP contribution in [-0.4, -0.2) is 29.0 Å². The second-order valence-electron chi connectivity index (χ2n) is 6.49. The smallest absolute Gasteiger partial charge is 0.197 e. The largest absolute Gasteiger partial charge is 0.356 e. The molecule has 134 valence electrons. The number of thiazole rings is 2. The van der Waals surface area contributed by atoms with E-state index in [4.69, 9.17) is 4.98 Å². The van der Waals surface area contributed by atoms with Crippen LogP contribution in [0.15, 0.2) is 40.0 Å². The van der Waals surface area contributed by atoms with Crippen LogP contribution in [0.1, 0.15) is 31.7 Å². The number of rotatable bonds is 4. The number of benzene rings is 1. The maximum Gasteiger partial charge on any atom is 0.197 e. The van der Waals surface area contributed by atoms with Crippen LogP contribution in [-0.2, 0) is 0 Å². The van der Waals surface area contributed by atoms with E-state index in [0.717, 1.165) is 47.0 Å². The molecule has 0 bridgehead atoms. The number of anilines is 1. The molecule has 7 heteroatoms. The van der Waals surface area contributed by atoms with Crippen LogP contribution in [0.2, 0.25) is 0 Å². The van der Waals surface area contributed by atoms with Gasteiger partial charge in [0, 0.05) is 29.4 Å². The van der Waals surface area contributed by atoms with Gasteiger partial charge in [-0.2, -0.15) is 0 Å². The average Bonchev–Trinajstić information content (AvgIpc) is 3.32. The predicted octanol–water partition coefficient (Wildman–Crippen LogP) is 4.82. The Balaban J connectivity index is 1.53. The summed E-state index contributed by atoms with van der Waals surface area (Å²) in [6, 6.07) is 8.63. The predicted molar refractivity (Wildman–Crippen MR) is 111 cm³/mol. The van der Waals surface area contributed by atoms with E-state index in [9.17, 15) is 0 Å². The third-order valence-corrected chi connectivity index (χ3v) is 5.84. The van der Waals surface area contributed by atoms with Gasteiger partial charge in [-0.25, -0.2) is 9.97 Å². The Labute approximate surface area is 161 Å². The molecule has 2 N–H and O–H groups in total. The molecule has 0 amide bonds. The summed E-state index contributed by atoms with van der Waals surface area (Å²) in [6.45, 7) is 6.23.